The van der Waals surface area contributed by atoms with Crippen molar-refractivity contribution in [3.63, 3.8) is 0 Å². The Balaban J connectivity index is 1.89. The van der Waals surface area contributed by atoms with Crippen LogP contribution < -0.4 is 4.90 Å². The summed E-state index contributed by atoms with van der Waals surface area (Å²) in [6.45, 7) is 8.46. The number of aliphatic hydroxyl groups excluding tert-OH is 1. The highest BCUT2D eigenvalue weighted by atomic mass is 16.3. The molecule has 0 saturated carbocycles. The fraction of sp³-hybridized carbons (Fsp3) is 0.241. The number of ketones is 1. The largest absolute Gasteiger partial charge is 0.507 e. The summed E-state index contributed by atoms with van der Waals surface area (Å²) < 4.78 is 0. The second kappa shape index (κ2) is 8.70. The van der Waals surface area contributed by atoms with Crippen LogP contribution in [0.1, 0.15) is 56.0 Å². The molecule has 0 spiro atoms. The Bertz CT molecular complexity index is 1200. The van der Waals surface area contributed by atoms with Crippen molar-refractivity contribution < 1.29 is 14.7 Å². The predicted octanol–water partition coefficient (Wildman–Crippen LogP) is 6.17. The molecule has 4 nitrogen and oxygen atoms in total. The van der Waals surface area contributed by atoms with Crippen LogP contribution >= 0.6 is 0 Å². The topological polar surface area (TPSA) is 57.6 Å². The lowest BCUT2D eigenvalue weighted by Gasteiger charge is -2.27. The summed E-state index contributed by atoms with van der Waals surface area (Å²) in [6.07, 6.45) is 0.888. The van der Waals surface area contributed by atoms with Crippen LogP contribution in [0.25, 0.3) is 5.76 Å². The molecule has 1 heterocycles. The molecule has 1 N–H and O–H groups in total. The minimum Gasteiger partial charge on any atom is -0.507 e. The van der Waals surface area contributed by atoms with Crippen molar-refractivity contribution in [2.45, 2.75) is 45.6 Å². The summed E-state index contributed by atoms with van der Waals surface area (Å²) in [7, 11) is 0. The zero-order chi connectivity index (χ0) is 23.8. The molecule has 1 aliphatic rings. The van der Waals surface area contributed by atoms with E-state index in [4.69, 9.17) is 0 Å². The number of aliphatic hydroxyl groups is 1. The van der Waals surface area contributed by atoms with Crippen molar-refractivity contribution in [1.82, 2.24) is 0 Å². The van der Waals surface area contributed by atoms with E-state index in [9.17, 15) is 14.7 Å². The van der Waals surface area contributed by atoms with Gasteiger partial charge >= 0.3 is 0 Å². The first kappa shape index (κ1) is 22.5. The second-order valence-electron chi connectivity index (χ2n) is 9.43. The van der Waals surface area contributed by atoms with Gasteiger partial charge in [0.2, 0.25) is 0 Å². The van der Waals surface area contributed by atoms with Crippen LogP contribution in [0.5, 0.6) is 0 Å². The number of amides is 1. The maximum absolute atomic E-state index is 13.3. The average Bonchev–Trinajstić information content (AvgIpc) is 3.09. The molecule has 1 unspecified atom stereocenters. The van der Waals surface area contributed by atoms with E-state index in [1.807, 2.05) is 54.6 Å². The fourth-order valence-corrected chi connectivity index (χ4v) is 4.22. The molecule has 1 aliphatic heterocycles. The highest BCUT2D eigenvalue weighted by Gasteiger charge is 2.47. The first-order valence-corrected chi connectivity index (χ1v) is 11.3. The van der Waals surface area contributed by atoms with Gasteiger partial charge in [-0.05, 0) is 40.7 Å². The number of carbonyl (C=O) groups excluding carboxylic acids is 2. The lowest BCUT2D eigenvalue weighted by Crippen LogP contribution is -2.29. The maximum atomic E-state index is 13.3. The van der Waals surface area contributed by atoms with Crippen molar-refractivity contribution in [2.24, 2.45) is 0 Å². The number of aryl methyl sites for hydroxylation is 1. The van der Waals surface area contributed by atoms with Crippen LogP contribution in [0.15, 0.2) is 84.4 Å². The summed E-state index contributed by atoms with van der Waals surface area (Å²) in [6, 6.07) is 23.8. The Morgan fingerprint density at radius 2 is 1.48 bits per heavy atom. The summed E-state index contributed by atoms with van der Waals surface area (Å²) >= 11 is 0. The monoisotopic (exact) mass is 439 g/mol. The summed E-state index contributed by atoms with van der Waals surface area (Å²) in [5.41, 5.74) is 4.29. The average molecular weight is 440 g/mol. The standard InChI is InChI=1S/C29H29NO3/c1-5-19-11-13-20(14-12-19)25-24(26(31)21-9-7-6-8-10-21)27(32)28(33)30(25)23-17-15-22(16-18-23)29(2,3)4/h6-18,25,31H,5H2,1-4H3/b26-24+. The van der Waals surface area contributed by atoms with Crippen LogP contribution in [0, 0.1) is 0 Å². The van der Waals surface area contributed by atoms with E-state index in [1.165, 1.54) is 4.90 Å². The highest BCUT2D eigenvalue weighted by Crippen LogP contribution is 2.42. The minimum atomic E-state index is -0.711. The van der Waals surface area contributed by atoms with Gasteiger partial charge in [0.25, 0.3) is 11.7 Å². The van der Waals surface area contributed by atoms with Gasteiger partial charge in [0, 0.05) is 11.3 Å². The summed E-state index contributed by atoms with van der Waals surface area (Å²) in [5, 5.41) is 11.1. The Labute approximate surface area is 195 Å². The van der Waals surface area contributed by atoms with Gasteiger partial charge < -0.3 is 5.11 Å². The fourth-order valence-electron chi connectivity index (χ4n) is 4.22. The molecule has 0 aliphatic carbocycles. The molecule has 1 saturated heterocycles. The van der Waals surface area contributed by atoms with Crippen LogP contribution in [-0.2, 0) is 21.4 Å². The number of Topliss-reactive ketones (excluding diaryl/α,β-unsaturated/α-hetero) is 1. The van der Waals surface area contributed by atoms with Gasteiger partial charge in [0.15, 0.2) is 0 Å². The van der Waals surface area contributed by atoms with E-state index in [-0.39, 0.29) is 16.7 Å². The number of rotatable bonds is 4. The lowest BCUT2D eigenvalue weighted by atomic mass is 9.87. The predicted molar refractivity (Wildman–Crippen MR) is 132 cm³/mol. The number of carbonyl (C=O) groups is 2. The Hall–Kier alpha value is -3.66. The van der Waals surface area contributed by atoms with Gasteiger partial charge in [-0.2, -0.15) is 0 Å². The van der Waals surface area contributed by atoms with E-state index in [0.29, 0.717) is 11.3 Å². The third-order valence-corrected chi connectivity index (χ3v) is 6.21. The zero-order valence-corrected chi connectivity index (χ0v) is 19.5. The molecular formula is C29H29NO3. The number of anilines is 1. The molecular weight excluding hydrogens is 410 g/mol. The molecule has 0 radical (unpaired) electrons. The molecule has 3 aromatic rings. The van der Waals surface area contributed by atoms with Crippen molar-refractivity contribution in [1.29, 1.82) is 0 Å². The number of nitrogens with zero attached hydrogens (tertiary/aromatic N) is 1. The normalized spacial score (nSPS) is 18.1. The molecule has 1 atom stereocenters. The van der Waals surface area contributed by atoms with E-state index in [1.54, 1.807) is 24.3 Å². The Kier molecular flexibility index (Phi) is 5.94. The zero-order valence-electron chi connectivity index (χ0n) is 19.5. The molecule has 33 heavy (non-hydrogen) atoms. The number of benzene rings is 3. The van der Waals surface area contributed by atoms with Gasteiger partial charge in [-0.3, -0.25) is 14.5 Å². The Morgan fingerprint density at radius 1 is 0.879 bits per heavy atom. The van der Waals surface area contributed by atoms with Crippen molar-refractivity contribution in [3.05, 3.63) is 107 Å². The first-order valence-electron chi connectivity index (χ1n) is 11.3. The third kappa shape index (κ3) is 4.21. The SMILES string of the molecule is CCc1ccc(C2/C(=C(\O)c3ccccc3)C(=O)C(=O)N2c2ccc(C(C)(C)C)cc2)cc1. The molecule has 1 amide bonds. The molecule has 0 aromatic heterocycles. The van der Waals surface area contributed by atoms with E-state index < -0.39 is 17.7 Å². The van der Waals surface area contributed by atoms with Crippen LogP contribution in [0.2, 0.25) is 0 Å². The van der Waals surface area contributed by atoms with Crippen molar-refractivity contribution >= 4 is 23.1 Å². The molecule has 1 fully saturated rings. The Morgan fingerprint density at radius 3 is 2.03 bits per heavy atom. The number of hydrogen-bond acceptors (Lipinski definition) is 3. The van der Waals surface area contributed by atoms with Crippen LogP contribution in [0.3, 0.4) is 0 Å². The molecule has 4 rings (SSSR count). The van der Waals surface area contributed by atoms with Gasteiger partial charge in [0.1, 0.15) is 5.76 Å². The van der Waals surface area contributed by atoms with E-state index >= 15 is 0 Å². The maximum Gasteiger partial charge on any atom is 0.300 e. The quantitative estimate of drug-likeness (QED) is 0.300. The number of hydrogen-bond donors (Lipinski definition) is 1. The molecule has 168 valence electrons. The van der Waals surface area contributed by atoms with E-state index in [2.05, 4.69) is 27.7 Å². The highest BCUT2D eigenvalue weighted by molar-refractivity contribution is 6.51. The van der Waals surface area contributed by atoms with Crippen LogP contribution in [0.4, 0.5) is 5.69 Å². The molecule has 4 heteroatoms. The smallest absolute Gasteiger partial charge is 0.300 e. The summed E-state index contributed by atoms with van der Waals surface area (Å²) in [4.78, 5) is 28.0. The molecule has 0 bridgehead atoms. The minimum absolute atomic E-state index is 0.0323. The van der Waals surface area contributed by atoms with Gasteiger partial charge in [0.05, 0.1) is 11.6 Å². The van der Waals surface area contributed by atoms with Gasteiger partial charge in [-0.25, -0.2) is 0 Å². The first-order chi connectivity index (χ1) is 15.7. The molecule has 3 aromatic carbocycles. The third-order valence-electron chi connectivity index (χ3n) is 6.21. The van der Waals surface area contributed by atoms with Gasteiger partial charge in [-0.15, -0.1) is 0 Å². The lowest BCUT2D eigenvalue weighted by molar-refractivity contribution is -0.132. The van der Waals surface area contributed by atoms with E-state index in [0.717, 1.165) is 23.1 Å². The van der Waals surface area contributed by atoms with Crippen LogP contribution in [-0.4, -0.2) is 16.8 Å². The summed E-state index contributed by atoms with van der Waals surface area (Å²) in [5.74, 6) is -1.48. The second-order valence-corrected chi connectivity index (χ2v) is 9.43. The van der Waals surface area contributed by atoms with Crippen molar-refractivity contribution in [2.75, 3.05) is 4.90 Å². The van der Waals surface area contributed by atoms with Crippen molar-refractivity contribution in [3.8, 4) is 0 Å². The van der Waals surface area contributed by atoms with Gasteiger partial charge in [-0.1, -0.05) is 94.4 Å².